The number of rotatable bonds is 8. The normalized spacial score (nSPS) is 16.2. The summed E-state index contributed by atoms with van der Waals surface area (Å²) in [7, 11) is 0. The molecule has 1 aliphatic rings. The first-order valence-corrected chi connectivity index (χ1v) is 9.73. The minimum atomic E-state index is 0.455. The van der Waals surface area contributed by atoms with E-state index in [9.17, 15) is 0 Å². The second-order valence-corrected chi connectivity index (χ2v) is 7.49. The molecule has 0 saturated carbocycles. The van der Waals surface area contributed by atoms with Gasteiger partial charge in [-0.15, -0.1) is 0 Å². The van der Waals surface area contributed by atoms with Crippen molar-refractivity contribution in [1.29, 1.82) is 0 Å². The summed E-state index contributed by atoms with van der Waals surface area (Å²) in [5.74, 6) is 2.97. The van der Waals surface area contributed by atoms with E-state index in [2.05, 4.69) is 50.1 Å². The van der Waals surface area contributed by atoms with Crippen LogP contribution in [0.15, 0.2) is 54.7 Å². The topological polar surface area (TPSA) is 47.7 Å². The molecule has 4 nitrogen and oxygen atoms in total. The lowest BCUT2D eigenvalue weighted by atomic mass is 10.1. The maximum absolute atomic E-state index is 6.11. The smallest absolute Gasteiger partial charge is 0.131 e. The summed E-state index contributed by atoms with van der Waals surface area (Å²) < 4.78 is 11.9. The number of benzene rings is 2. The average Bonchev–Trinajstić information content (AvgIpc) is 3.11. The molecular weight excluding hydrogens is 336 g/mol. The monoisotopic (exact) mass is 366 g/mol. The van der Waals surface area contributed by atoms with Crippen molar-refractivity contribution < 1.29 is 9.47 Å². The van der Waals surface area contributed by atoms with Gasteiger partial charge in [-0.3, -0.25) is 0 Å². The van der Waals surface area contributed by atoms with Gasteiger partial charge in [-0.05, 0) is 68.1 Å². The van der Waals surface area contributed by atoms with Crippen molar-refractivity contribution in [2.45, 2.75) is 39.7 Å². The Kier molecular flexibility index (Phi) is 6.40. The third kappa shape index (κ3) is 5.04. The average molecular weight is 367 g/mol. The van der Waals surface area contributed by atoms with E-state index in [1.165, 1.54) is 5.69 Å². The van der Waals surface area contributed by atoms with Gasteiger partial charge in [0.25, 0.3) is 0 Å². The van der Waals surface area contributed by atoms with Gasteiger partial charge in [-0.25, -0.2) is 0 Å². The Bertz CT molecular complexity index is 786. The second kappa shape index (κ2) is 8.96. The zero-order valence-electron chi connectivity index (χ0n) is 16.5. The molecular formula is C23H30N2O2. The van der Waals surface area contributed by atoms with E-state index >= 15 is 0 Å². The van der Waals surface area contributed by atoms with E-state index in [4.69, 9.17) is 15.2 Å². The van der Waals surface area contributed by atoms with Crippen LogP contribution in [0.1, 0.15) is 32.3 Å². The van der Waals surface area contributed by atoms with E-state index in [0.29, 0.717) is 25.1 Å². The zero-order valence-corrected chi connectivity index (χ0v) is 16.5. The van der Waals surface area contributed by atoms with Crippen LogP contribution in [-0.4, -0.2) is 19.2 Å². The minimum Gasteiger partial charge on any atom is -0.493 e. The van der Waals surface area contributed by atoms with E-state index in [1.807, 2.05) is 30.3 Å². The molecule has 0 aliphatic carbocycles. The molecule has 0 saturated heterocycles. The maximum Gasteiger partial charge on any atom is 0.131 e. The molecule has 27 heavy (non-hydrogen) atoms. The van der Waals surface area contributed by atoms with Gasteiger partial charge in [0.2, 0.25) is 0 Å². The first kappa shape index (κ1) is 19.3. The van der Waals surface area contributed by atoms with Crippen molar-refractivity contribution in [1.82, 2.24) is 0 Å². The Balaban J connectivity index is 1.71. The number of aryl methyl sites for hydroxylation is 1. The summed E-state index contributed by atoms with van der Waals surface area (Å²) in [6.45, 7) is 7.76. The van der Waals surface area contributed by atoms with E-state index in [0.717, 1.165) is 35.7 Å². The largest absolute Gasteiger partial charge is 0.493 e. The molecule has 0 amide bonds. The Labute approximate surface area is 162 Å². The maximum atomic E-state index is 6.11. The summed E-state index contributed by atoms with van der Waals surface area (Å²) in [5.41, 5.74) is 8.04. The van der Waals surface area contributed by atoms with Crippen LogP contribution < -0.4 is 20.1 Å². The molecule has 2 aromatic rings. The second-order valence-electron chi connectivity index (χ2n) is 7.49. The van der Waals surface area contributed by atoms with Crippen LogP contribution >= 0.6 is 0 Å². The van der Waals surface area contributed by atoms with Gasteiger partial charge in [0, 0.05) is 24.0 Å². The molecule has 1 unspecified atom stereocenters. The van der Waals surface area contributed by atoms with Crippen molar-refractivity contribution in [2.24, 2.45) is 11.7 Å². The summed E-state index contributed by atoms with van der Waals surface area (Å²) in [4.78, 5) is 2.31. The van der Waals surface area contributed by atoms with Crippen molar-refractivity contribution in [3.8, 4) is 17.2 Å². The first-order valence-electron chi connectivity index (χ1n) is 9.73. The molecule has 0 radical (unpaired) electrons. The highest BCUT2D eigenvalue weighted by Gasteiger charge is 2.20. The molecule has 3 rings (SSSR count). The van der Waals surface area contributed by atoms with E-state index < -0.39 is 0 Å². The fourth-order valence-corrected chi connectivity index (χ4v) is 3.24. The standard InChI is InChI=1S/C23H30N2O2/c1-17(2)16-26-21-7-4-8-22(15-21)27-23-10-9-20(14-18(23)3)25-13-5-6-19(25)11-12-24/h4-5,7-10,13-15,17,19H,6,11-12,16,24H2,1-3H3. The van der Waals surface area contributed by atoms with E-state index in [-0.39, 0.29) is 0 Å². The lowest BCUT2D eigenvalue weighted by Crippen LogP contribution is -2.28. The summed E-state index contributed by atoms with van der Waals surface area (Å²) in [6.07, 6.45) is 6.42. The van der Waals surface area contributed by atoms with Crippen LogP contribution in [0.2, 0.25) is 0 Å². The number of nitrogens with two attached hydrogens (primary N) is 1. The van der Waals surface area contributed by atoms with Gasteiger partial charge in [-0.1, -0.05) is 26.0 Å². The van der Waals surface area contributed by atoms with Crippen molar-refractivity contribution >= 4 is 5.69 Å². The molecule has 2 aromatic carbocycles. The first-order chi connectivity index (χ1) is 13.1. The van der Waals surface area contributed by atoms with Gasteiger partial charge >= 0.3 is 0 Å². The molecule has 1 heterocycles. The third-order valence-corrected chi connectivity index (χ3v) is 4.64. The Hall–Kier alpha value is -2.46. The van der Waals surface area contributed by atoms with Crippen molar-refractivity contribution in [2.75, 3.05) is 18.1 Å². The Morgan fingerprint density at radius 2 is 1.96 bits per heavy atom. The van der Waals surface area contributed by atoms with Crippen LogP contribution in [-0.2, 0) is 0 Å². The van der Waals surface area contributed by atoms with Crippen LogP contribution in [0.25, 0.3) is 0 Å². The zero-order chi connectivity index (χ0) is 19.2. The predicted octanol–water partition coefficient (Wildman–Crippen LogP) is 5.26. The van der Waals surface area contributed by atoms with Crippen LogP contribution in [0.4, 0.5) is 5.69 Å². The number of anilines is 1. The van der Waals surface area contributed by atoms with Crippen LogP contribution in [0.3, 0.4) is 0 Å². The van der Waals surface area contributed by atoms with Crippen LogP contribution in [0.5, 0.6) is 17.2 Å². The number of hydrogen-bond donors (Lipinski definition) is 1. The van der Waals surface area contributed by atoms with Crippen molar-refractivity contribution in [3.05, 3.63) is 60.3 Å². The molecule has 0 aromatic heterocycles. The summed E-state index contributed by atoms with van der Waals surface area (Å²) in [5, 5.41) is 0. The van der Waals surface area contributed by atoms with Gasteiger partial charge in [0.15, 0.2) is 0 Å². The van der Waals surface area contributed by atoms with Crippen LogP contribution in [0, 0.1) is 12.8 Å². The number of hydrogen-bond acceptors (Lipinski definition) is 4. The van der Waals surface area contributed by atoms with Gasteiger partial charge < -0.3 is 20.1 Å². The molecule has 0 spiro atoms. The number of nitrogens with zero attached hydrogens (tertiary/aromatic N) is 1. The molecule has 4 heteroatoms. The minimum absolute atomic E-state index is 0.455. The number of ether oxygens (including phenoxy) is 2. The Morgan fingerprint density at radius 1 is 1.15 bits per heavy atom. The van der Waals surface area contributed by atoms with Gasteiger partial charge in [-0.2, -0.15) is 0 Å². The third-order valence-electron chi connectivity index (χ3n) is 4.64. The molecule has 144 valence electrons. The highest BCUT2D eigenvalue weighted by atomic mass is 16.5. The lowest BCUT2D eigenvalue weighted by Gasteiger charge is -2.26. The summed E-state index contributed by atoms with van der Waals surface area (Å²) >= 11 is 0. The van der Waals surface area contributed by atoms with Gasteiger partial charge in [0.05, 0.1) is 6.61 Å². The predicted molar refractivity (Wildman–Crippen MR) is 112 cm³/mol. The van der Waals surface area contributed by atoms with Crippen molar-refractivity contribution in [3.63, 3.8) is 0 Å². The molecule has 2 N–H and O–H groups in total. The fraction of sp³-hybridized carbons (Fsp3) is 0.391. The molecule has 1 aliphatic heterocycles. The fourth-order valence-electron chi connectivity index (χ4n) is 3.24. The summed E-state index contributed by atoms with van der Waals surface area (Å²) in [6, 6.07) is 14.6. The van der Waals surface area contributed by atoms with Gasteiger partial charge in [0.1, 0.15) is 17.2 Å². The molecule has 1 atom stereocenters. The molecule has 0 bridgehead atoms. The highest BCUT2D eigenvalue weighted by molar-refractivity contribution is 5.57. The molecule has 0 fully saturated rings. The van der Waals surface area contributed by atoms with E-state index in [1.54, 1.807) is 0 Å². The quantitative estimate of drug-likeness (QED) is 0.692. The lowest BCUT2D eigenvalue weighted by molar-refractivity contribution is 0.270. The highest BCUT2D eigenvalue weighted by Crippen LogP contribution is 2.33. The Morgan fingerprint density at radius 3 is 2.70 bits per heavy atom. The SMILES string of the molecule is Cc1cc(N2C=CCC2CCN)ccc1Oc1cccc(OCC(C)C)c1.